The molecule has 0 unspecified atom stereocenters. The van der Waals surface area contributed by atoms with Crippen LogP contribution in [0.5, 0.6) is 0 Å². The fraction of sp³-hybridized carbons (Fsp3) is 0.600. The topological polar surface area (TPSA) is 34.1 Å². The van der Waals surface area contributed by atoms with E-state index in [0.717, 1.165) is 6.29 Å². The van der Waals surface area contributed by atoms with E-state index in [1.807, 2.05) is 0 Å². The van der Waals surface area contributed by atoms with Gasteiger partial charge in [0, 0.05) is 0 Å². The summed E-state index contributed by atoms with van der Waals surface area (Å²) >= 11 is 0. The van der Waals surface area contributed by atoms with Gasteiger partial charge in [0.1, 0.15) is 12.1 Å². The van der Waals surface area contributed by atoms with E-state index in [0.29, 0.717) is 0 Å². The van der Waals surface area contributed by atoms with Crippen molar-refractivity contribution in [1.82, 2.24) is 0 Å². The molecule has 0 aromatic rings. The monoisotopic (exact) mass is 102 g/mol. The average molecular weight is 102 g/mol. The second-order valence-electron chi connectivity index (χ2n) is 1.14. The van der Waals surface area contributed by atoms with Crippen LogP contribution in [0.4, 0.5) is 0 Å². The average Bonchev–Trinajstić information content (AvgIpc) is 1.33. The van der Waals surface area contributed by atoms with Crippen molar-refractivity contribution in [1.29, 1.82) is 0 Å². The molecule has 0 saturated carbocycles. The summed E-state index contributed by atoms with van der Waals surface area (Å²) < 4.78 is 0. The molecule has 0 aromatic heterocycles. The number of Topliss-reactive ketones (excluding diaryl/α,β-unsaturated/α-hetero) is 1. The molecule has 0 aliphatic carbocycles. The van der Waals surface area contributed by atoms with Crippen LogP contribution in [0, 0.1) is 0 Å². The number of rotatable bonds is 0. The standard InChI is InChI=1S/C3H6O.C2H4O/c1-3(2)4;1-2-3/h1-2H3;2H,1H3. The molecule has 0 N–H and O–H groups in total. The second kappa shape index (κ2) is 9.02. The quantitative estimate of drug-likeness (QED) is 0.424. The molecule has 0 rings (SSSR count). The van der Waals surface area contributed by atoms with Crippen molar-refractivity contribution < 1.29 is 9.59 Å². The first-order valence-electron chi connectivity index (χ1n) is 2.02. The van der Waals surface area contributed by atoms with Gasteiger partial charge in [-0.3, -0.25) is 0 Å². The van der Waals surface area contributed by atoms with E-state index in [2.05, 4.69) is 0 Å². The summed E-state index contributed by atoms with van der Waals surface area (Å²) in [6.07, 6.45) is 0.750. The van der Waals surface area contributed by atoms with E-state index in [9.17, 15) is 4.79 Å². The lowest BCUT2D eigenvalue weighted by Gasteiger charge is -1.56. The highest BCUT2D eigenvalue weighted by Gasteiger charge is 1.62. The molecular formula is C5H10O2. The van der Waals surface area contributed by atoms with Gasteiger partial charge < -0.3 is 9.59 Å². The minimum Gasteiger partial charge on any atom is -0.304 e. The molecule has 42 valence electrons. The maximum absolute atomic E-state index is 9.44. The van der Waals surface area contributed by atoms with Crippen LogP contribution in [-0.2, 0) is 9.59 Å². The van der Waals surface area contributed by atoms with Gasteiger partial charge in [-0.1, -0.05) is 0 Å². The van der Waals surface area contributed by atoms with Crippen LogP contribution in [0.1, 0.15) is 20.8 Å². The van der Waals surface area contributed by atoms with Gasteiger partial charge in [-0.2, -0.15) is 0 Å². The van der Waals surface area contributed by atoms with Crippen LogP contribution in [0.15, 0.2) is 0 Å². The van der Waals surface area contributed by atoms with E-state index in [1.165, 1.54) is 20.8 Å². The molecule has 0 saturated heterocycles. The lowest BCUT2D eigenvalue weighted by Crippen LogP contribution is -1.69. The molecule has 0 aromatic carbocycles. The fourth-order valence-electron chi connectivity index (χ4n) is 0. The summed E-state index contributed by atoms with van der Waals surface area (Å²) in [6.45, 7) is 4.50. The summed E-state index contributed by atoms with van der Waals surface area (Å²) in [5, 5.41) is 0. The third kappa shape index (κ3) is 137. The Morgan fingerprint density at radius 1 is 1.43 bits per heavy atom. The fourth-order valence-corrected chi connectivity index (χ4v) is 0. The third-order valence-electron chi connectivity index (χ3n) is 0. The van der Waals surface area contributed by atoms with Crippen LogP contribution in [0.3, 0.4) is 0 Å². The maximum atomic E-state index is 9.44. The lowest BCUT2D eigenvalue weighted by atomic mass is 10.6. The zero-order valence-corrected chi connectivity index (χ0v) is 4.89. The first-order valence-corrected chi connectivity index (χ1v) is 2.02. The predicted octanol–water partition coefficient (Wildman–Crippen LogP) is 0.800. The Kier molecular flexibility index (Phi) is 12.4. The van der Waals surface area contributed by atoms with Gasteiger partial charge in [-0.15, -0.1) is 0 Å². The summed E-state index contributed by atoms with van der Waals surface area (Å²) in [5.41, 5.74) is 0. The molecule has 2 nitrogen and oxygen atoms in total. The number of aldehydes is 1. The highest BCUT2D eigenvalue weighted by atomic mass is 16.1. The largest absolute Gasteiger partial charge is 0.304 e. The first kappa shape index (κ1) is 9.60. The van der Waals surface area contributed by atoms with E-state index >= 15 is 0 Å². The van der Waals surface area contributed by atoms with Crippen molar-refractivity contribution in [2.24, 2.45) is 0 Å². The van der Waals surface area contributed by atoms with Crippen LogP contribution >= 0.6 is 0 Å². The zero-order chi connectivity index (χ0) is 6.28. The summed E-state index contributed by atoms with van der Waals surface area (Å²) in [6, 6.07) is 0. The van der Waals surface area contributed by atoms with E-state index in [4.69, 9.17) is 4.79 Å². The summed E-state index contributed by atoms with van der Waals surface area (Å²) in [4.78, 5) is 18.2. The van der Waals surface area contributed by atoms with Crippen LogP contribution < -0.4 is 0 Å². The summed E-state index contributed by atoms with van der Waals surface area (Å²) in [5.74, 6) is 0.167. The molecule has 0 spiro atoms. The van der Waals surface area contributed by atoms with E-state index in [-0.39, 0.29) is 5.78 Å². The van der Waals surface area contributed by atoms with Crippen LogP contribution in [-0.4, -0.2) is 12.1 Å². The van der Waals surface area contributed by atoms with Gasteiger partial charge in [0.2, 0.25) is 0 Å². The Balaban J connectivity index is 0. The number of hydrogen-bond donors (Lipinski definition) is 0. The normalized spacial score (nSPS) is 5.57. The van der Waals surface area contributed by atoms with Gasteiger partial charge in [-0.25, -0.2) is 0 Å². The van der Waals surface area contributed by atoms with Gasteiger partial charge in [0.15, 0.2) is 0 Å². The molecule has 0 fully saturated rings. The van der Waals surface area contributed by atoms with Gasteiger partial charge in [0.25, 0.3) is 0 Å². The van der Waals surface area contributed by atoms with E-state index < -0.39 is 0 Å². The highest BCUT2D eigenvalue weighted by Crippen LogP contribution is 1.50. The molecular weight excluding hydrogens is 92.1 g/mol. The van der Waals surface area contributed by atoms with E-state index in [1.54, 1.807) is 0 Å². The zero-order valence-electron chi connectivity index (χ0n) is 4.89. The SMILES string of the molecule is CC(C)=O.CC=O. The van der Waals surface area contributed by atoms with Gasteiger partial charge in [0.05, 0.1) is 0 Å². The Labute approximate surface area is 43.5 Å². The molecule has 7 heavy (non-hydrogen) atoms. The third-order valence-corrected chi connectivity index (χ3v) is 0. The molecule has 0 aliphatic heterocycles. The van der Waals surface area contributed by atoms with Crippen molar-refractivity contribution in [2.75, 3.05) is 0 Å². The second-order valence-corrected chi connectivity index (χ2v) is 1.14. The van der Waals surface area contributed by atoms with Gasteiger partial charge in [-0.05, 0) is 20.8 Å². The lowest BCUT2D eigenvalue weighted by molar-refractivity contribution is -0.115. The number of ketones is 1. The first-order chi connectivity index (χ1) is 3.15. The minimum atomic E-state index is 0.167. The summed E-state index contributed by atoms with van der Waals surface area (Å²) in [7, 11) is 0. The minimum absolute atomic E-state index is 0.167. The molecule has 2 heteroatoms. The molecule has 0 atom stereocenters. The molecule has 0 radical (unpaired) electrons. The number of carbonyl (C=O) groups excluding carboxylic acids is 2. The Hall–Kier alpha value is -0.660. The number of carbonyl (C=O) groups is 2. The van der Waals surface area contributed by atoms with Gasteiger partial charge >= 0.3 is 0 Å². The van der Waals surface area contributed by atoms with Crippen molar-refractivity contribution in [3.05, 3.63) is 0 Å². The van der Waals surface area contributed by atoms with Crippen molar-refractivity contribution >= 4 is 12.1 Å². The molecule has 0 bridgehead atoms. The van der Waals surface area contributed by atoms with Crippen molar-refractivity contribution in [2.45, 2.75) is 20.8 Å². The van der Waals surface area contributed by atoms with Crippen molar-refractivity contribution in [3.63, 3.8) is 0 Å². The Morgan fingerprint density at radius 3 is 1.43 bits per heavy atom. The van der Waals surface area contributed by atoms with Crippen LogP contribution in [0.25, 0.3) is 0 Å². The molecule has 0 heterocycles. The highest BCUT2D eigenvalue weighted by molar-refractivity contribution is 5.72. The smallest absolute Gasteiger partial charge is 0.126 e. The number of hydrogen-bond acceptors (Lipinski definition) is 2. The predicted molar refractivity (Wildman–Crippen MR) is 28.1 cm³/mol. The van der Waals surface area contributed by atoms with Crippen molar-refractivity contribution in [3.8, 4) is 0 Å². The van der Waals surface area contributed by atoms with Crippen LogP contribution in [0.2, 0.25) is 0 Å². The Bertz CT molecular complexity index is 53.1. The molecule has 0 amide bonds. The maximum Gasteiger partial charge on any atom is 0.126 e. The molecule has 0 aliphatic rings. The Morgan fingerprint density at radius 2 is 1.43 bits per heavy atom.